The molecular formula is C17H22ClN3O3. The van der Waals surface area contributed by atoms with Crippen molar-refractivity contribution in [1.82, 2.24) is 15.1 Å². The van der Waals surface area contributed by atoms with Crippen molar-refractivity contribution in [2.24, 2.45) is 0 Å². The monoisotopic (exact) mass is 351 g/mol. The molecule has 0 spiro atoms. The molecule has 0 radical (unpaired) electrons. The highest BCUT2D eigenvalue weighted by Gasteiger charge is 2.37. The minimum atomic E-state index is -0.372. The number of carbonyl (C=O) groups excluding carboxylic acids is 3. The third-order valence-corrected chi connectivity index (χ3v) is 4.68. The number of nitrogens with zero attached hydrogens (tertiary/aromatic N) is 2. The summed E-state index contributed by atoms with van der Waals surface area (Å²) in [5.41, 5.74) is 1.71. The van der Waals surface area contributed by atoms with Gasteiger partial charge in [-0.05, 0) is 38.9 Å². The normalized spacial score (nSPS) is 17.8. The Hall–Kier alpha value is -1.92. The lowest BCUT2D eigenvalue weighted by molar-refractivity contribution is -0.132. The van der Waals surface area contributed by atoms with E-state index in [1.165, 1.54) is 0 Å². The lowest BCUT2D eigenvalue weighted by Crippen LogP contribution is -2.48. The molecule has 1 N–H and O–H groups in total. The number of hydrogen-bond acceptors (Lipinski definition) is 4. The molecule has 130 valence electrons. The van der Waals surface area contributed by atoms with Gasteiger partial charge in [0, 0.05) is 19.1 Å². The standard InChI is InChI=1S/C17H21N3O3.ClH/c1-11-3-4-13-14(9-11)17(23)20(16(13)22)10-15(21)19-7-5-12(18-2)6-8-19;/h3-4,9,12,18H,5-8,10H2,1-2H3;1H. The van der Waals surface area contributed by atoms with E-state index in [1.807, 2.05) is 14.0 Å². The summed E-state index contributed by atoms with van der Waals surface area (Å²) in [4.78, 5) is 40.0. The molecule has 3 amide bonds. The number of rotatable bonds is 3. The molecule has 0 saturated carbocycles. The zero-order chi connectivity index (χ0) is 16.6. The number of likely N-dealkylation sites (tertiary alicyclic amines) is 1. The van der Waals surface area contributed by atoms with E-state index < -0.39 is 0 Å². The number of halogens is 1. The minimum Gasteiger partial charge on any atom is -0.341 e. The molecule has 1 saturated heterocycles. The number of piperidine rings is 1. The Balaban J connectivity index is 0.00000208. The van der Waals surface area contributed by atoms with E-state index >= 15 is 0 Å². The van der Waals surface area contributed by atoms with Crippen LogP contribution in [0.25, 0.3) is 0 Å². The molecular weight excluding hydrogens is 330 g/mol. The summed E-state index contributed by atoms with van der Waals surface area (Å²) >= 11 is 0. The highest BCUT2D eigenvalue weighted by molar-refractivity contribution is 6.22. The molecule has 0 atom stereocenters. The summed E-state index contributed by atoms with van der Waals surface area (Å²) in [6.45, 7) is 3.02. The predicted molar refractivity (Wildman–Crippen MR) is 92.5 cm³/mol. The van der Waals surface area contributed by atoms with Crippen LogP contribution >= 0.6 is 12.4 Å². The molecule has 0 aromatic heterocycles. The predicted octanol–water partition coefficient (Wildman–Crippen LogP) is 1.22. The molecule has 7 heteroatoms. The van der Waals surface area contributed by atoms with E-state index in [2.05, 4.69) is 5.32 Å². The average Bonchev–Trinajstić information content (AvgIpc) is 2.79. The van der Waals surface area contributed by atoms with Crippen molar-refractivity contribution in [2.75, 3.05) is 26.7 Å². The maximum absolute atomic E-state index is 12.4. The fraction of sp³-hybridized carbons (Fsp3) is 0.471. The van der Waals surface area contributed by atoms with E-state index in [4.69, 9.17) is 0 Å². The molecule has 2 heterocycles. The number of nitrogens with one attached hydrogen (secondary N) is 1. The van der Waals surface area contributed by atoms with Crippen LogP contribution in [0.1, 0.15) is 39.1 Å². The van der Waals surface area contributed by atoms with Crippen molar-refractivity contribution in [1.29, 1.82) is 0 Å². The maximum atomic E-state index is 12.4. The van der Waals surface area contributed by atoms with Crippen molar-refractivity contribution in [3.63, 3.8) is 0 Å². The summed E-state index contributed by atoms with van der Waals surface area (Å²) < 4.78 is 0. The Kier molecular flexibility index (Phi) is 5.62. The zero-order valence-electron chi connectivity index (χ0n) is 13.9. The first kappa shape index (κ1) is 18.4. The fourth-order valence-corrected chi connectivity index (χ4v) is 3.20. The van der Waals surface area contributed by atoms with Gasteiger partial charge in [-0.25, -0.2) is 0 Å². The second-order valence-corrected chi connectivity index (χ2v) is 6.19. The van der Waals surface area contributed by atoms with Gasteiger partial charge in [0.25, 0.3) is 11.8 Å². The largest absolute Gasteiger partial charge is 0.341 e. The molecule has 24 heavy (non-hydrogen) atoms. The van der Waals surface area contributed by atoms with Gasteiger partial charge in [-0.15, -0.1) is 12.4 Å². The van der Waals surface area contributed by atoms with E-state index in [-0.39, 0.29) is 36.7 Å². The Bertz CT molecular complexity index is 669. The fourth-order valence-electron chi connectivity index (χ4n) is 3.20. The average molecular weight is 352 g/mol. The minimum absolute atomic E-state index is 0. The highest BCUT2D eigenvalue weighted by atomic mass is 35.5. The van der Waals surface area contributed by atoms with Gasteiger partial charge in [0.05, 0.1) is 11.1 Å². The third kappa shape index (κ3) is 3.30. The van der Waals surface area contributed by atoms with Gasteiger partial charge in [0.2, 0.25) is 5.91 Å². The van der Waals surface area contributed by atoms with Crippen LogP contribution in [0.2, 0.25) is 0 Å². The highest BCUT2D eigenvalue weighted by Crippen LogP contribution is 2.24. The Morgan fingerprint density at radius 1 is 1.17 bits per heavy atom. The smallest absolute Gasteiger partial charge is 0.262 e. The van der Waals surface area contributed by atoms with Gasteiger partial charge in [0.15, 0.2) is 0 Å². The molecule has 0 bridgehead atoms. The summed E-state index contributed by atoms with van der Waals surface area (Å²) in [5, 5.41) is 3.21. The van der Waals surface area contributed by atoms with Crippen molar-refractivity contribution < 1.29 is 14.4 Å². The molecule has 0 aliphatic carbocycles. The van der Waals surface area contributed by atoms with Crippen molar-refractivity contribution >= 4 is 30.1 Å². The Morgan fingerprint density at radius 3 is 2.42 bits per heavy atom. The summed E-state index contributed by atoms with van der Waals surface area (Å²) in [6.07, 6.45) is 1.78. The summed E-state index contributed by atoms with van der Waals surface area (Å²) in [5.74, 6) is -0.901. The van der Waals surface area contributed by atoms with Crippen LogP contribution in [0.3, 0.4) is 0 Å². The van der Waals surface area contributed by atoms with Crippen LogP contribution in [-0.4, -0.2) is 60.2 Å². The lowest BCUT2D eigenvalue weighted by Gasteiger charge is -2.32. The molecule has 1 aromatic rings. The number of aryl methyl sites for hydroxylation is 1. The van der Waals surface area contributed by atoms with Crippen molar-refractivity contribution in [3.8, 4) is 0 Å². The topological polar surface area (TPSA) is 69.7 Å². The first-order valence-corrected chi connectivity index (χ1v) is 7.93. The van der Waals surface area contributed by atoms with E-state index in [0.717, 1.165) is 23.3 Å². The first-order valence-electron chi connectivity index (χ1n) is 7.93. The van der Waals surface area contributed by atoms with Crippen LogP contribution in [0.4, 0.5) is 0 Å². The zero-order valence-corrected chi connectivity index (χ0v) is 14.7. The second-order valence-electron chi connectivity index (χ2n) is 6.19. The lowest BCUT2D eigenvalue weighted by atomic mass is 10.1. The molecule has 1 fully saturated rings. The van der Waals surface area contributed by atoms with Crippen LogP contribution in [0.15, 0.2) is 18.2 Å². The van der Waals surface area contributed by atoms with E-state index in [1.54, 1.807) is 23.1 Å². The molecule has 3 rings (SSSR count). The molecule has 1 aromatic carbocycles. The Morgan fingerprint density at radius 2 is 1.79 bits per heavy atom. The number of amides is 3. The number of hydrogen-bond donors (Lipinski definition) is 1. The molecule has 2 aliphatic heterocycles. The number of benzene rings is 1. The van der Waals surface area contributed by atoms with Gasteiger partial charge in [-0.3, -0.25) is 19.3 Å². The third-order valence-electron chi connectivity index (χ3n) is 4.68. The number of imide groups is 1. The number of carbonyl (C=O) groups is 3. The maximum Gasteiger partial charge on any atom is 0.262 e. The molecule has 2 aliphatic rings. The van der Waals surface area contributed by atoms with Crippen LogP contribution in [0, 0.1) is 6.92 Å². The van der Waals surface area contributed by atoms with Crippen molar-refractivity contribution in [2.45, 2.75) is 25.8 Å². The SMILES string of the molecule is CNC1CCN(C(=O)CN2C(=O)c3ccc(C)cc3C2=O)CC1.Cl. The van der Waals surface area contributed by atoms with Crippen LogP contribution < -0.4 is 5.32 Å². The Labute approximate surface area is 147 Å². The van der Waals surface area contributed by atoms with E-state index in [0.29, 0.717) is 30.3 Å². The van der Waals surface area contributed by atoms with Gasteiger partial charge in [-0.2, -0.15) is 0 Å². The quantitative estimate of drug-likeness (QED) is 0.831. The molecule has 0 unspecified atom stereocenters. The first-order chi connectivity index (χ1) is 11.0. The van der Waals surface area contributed by atoms with Crippen LogP contribution in [-0.2, 0) is 4.79 Å². The summed E-state index contributed by atoms with van der Waals surface area (Å²) in [6, 6.07) is 5.60. The van der Waals surface area contributed by atoms with Gasteiger partial charge < -0.3 is 10.2 Å². The van der Waals surface area contributed by atoms with Crippen LogP contribution in [0.5, 0.6) is 0 Å². The van der Waals surface area contributed by atoms with E-state index in [9.17, 15) is 14.4 Å². The number of fused-ring (bicyclic) bond motifs is 1. The summed E-state index contributed by atoms with van der Waals surface area (Å²) in [7, 11) is 1.92. The van der Waals surface area contributed by atoms with Gasteiger partial charge in [0.1, 0.15) is 6.54 Å². The second kappa shape index (κ2) is 7.32. The van der Waals surface area contributed by atoms with Crippen molar-refractivity contribution in [3.05, 3.63) is 34.9 Å². The molecule has 6 nitrogen and oxygen atoms in total. The van der Waals surface area contributed by atoms with Gasteiger partial charge in [-0.1, -0.05) is 11.6 Å². The van der Waals surface area contributed by atoms with Gasteiger partial charge >= 0.3 is 0 Å².